The standard InChI is InChI=1S/C28H31NO6S/c1-20-13-15-23(16-14-20)36(30,31)35-27-25-24(19-34-29(25)2)26(32-17-21-9-5-3-6-10-21)28(27)33-18-22-11-7-4-8-12-22/h3-16,24-28H,17-19H2,1-2H3. The monoisotopic (exact) mass is 509 g/mol. The molecule has 2 aliphatic rings. The van der Waals surface area contributed by atoms with Crippen LogP contribution in [0.25, 0.3) is 0 Å². The Morgan fingerprint density at radius 1 is 0.806 bits per heavy atom. The molecule has 5 unspecified atom stereocenters. The van der Waals surface area contributed by atoms with Crippen LogP contribution < -0.4 is 0 Å². The summed E-state index contributed by atoms with van der Waals surface area (Å²) in [7, 11) is -2.25. The topological polar surface area (TPSA) is 74.3 Å². The van der Waals surface area contributed by atoms with Crippen molar-refractivity contribution in [2.45, 2.75) is 49.4 Å². The predicted octanol–water partition coefficient (Wildman–Crippen LogP) is 4.12. The van der Waals surface area contributed by atoms with Gasteiger partial charge in [0.1, 0.15) is 12.2 Å². The summed E-state index contributed by atoms with van der Waals surface area (Å²) < 4.78 is 45.4. The molecule has 1 saturated heterocycles. The van der Waals surface area contributed by atoms with E-state index in [1.54, 1.807) is 36.4 Å². The summed E-state index contributed by atoms with van der Waals surface area (Å²) in [4.78, 5) is 5.92. The molecule has 1 saturated carbocycles. The number of aryl methyl sites for hydroxylation is 1. The highest BCUT2D eigenvalue weighted by Gasteiger charge is 2.59. The summed E-state index contributed by atoms with van der Waals surface area (Å²) in [5, 5.41) is 1.69. The first-order valence-corrected chi connectivity index (χ1v) is 13.5. The van der Waals surface area contributed by atoms with Crippen LogP contribution in [0.15, 0.2) is 89.8 Å². The minimum atomic E-state index is -4.05. The fourth-order valence-corrected chi connectivity index (χ4v) is 6.08. The molecule has 0 spiro atoms. The number of hydrogen-bond donors (Lipinski definition) is 0. The van der Waals surface area contributed by atoms with Gasteiger partial charge in [-0.25, -0.2) is 0 Å². The average molecular weight is 510 g/mol. The van der Waals surface area contributed by atoms with Crippen molar-refractivity contribution in [3.05, 3.63) is 102 Å². The lowest BCUT2D eigenvalue weighted by molar-refractivity contribution is -0.159. The van der Waals surface area contributed by atoms with Gasteiger partial charge in [0.25, 0.3) is 10.1 Å². The molecule has 0 radical (unpaired) electrons. The van der Waals surface area contributed by atoms with E-state index in [0.29, 0.717) is 19.8 Å². The highest BCUT2D eigenvalue weighted by atomic mass is 32.2. The fourth-order valence-electron chi connectivity index (χ4n) is 4.98. The smallest absolute Gasteiger partial charge is 0.297 e. The SMILES string of the molecule is Cc1ccc(S(=O)(=O)OC2C(OCc3ccccc3)C(OCc3ccccc3)C3CON(C)C32)cc1. The van der Waals surface area contributed by atoms with Crippen LogP contribution in [0.4, 0.5) is 0 Å². The van der Waals surface area contributed by atoms with Crippen molar-refractivity contribution >= 4 is 10.1 Å². The number of rotatable bonds is 9. The first kappa shape index (κ1) is 25.1. The van der Waals surface area contributed by atoms with Crippen molar-refractivity contribution in [2.75, 3.05) is 13.7 Å². The van der Waals surface area contributed by atoms with E-state index in [1.165, 1.54) is 0 Å². The average Bonchev–Trinajstić information content (AvgIpc) is 3.40. The number of hydroxylamine groups is 2. The van der Waals surface area contributed by atoms with Gasteiger partial charge in [-0.3, -0.25) is 9.02 Å². The van der Waals surface area contributed by atoms with Gasteiger partial charge in [-0.2, -0.15) is 13.5 Å². The van der Waals surface area contributed by atoms with Crippen LogP contribution in [-0.4, -0.2) is 51.5 Å². The van der Waals surface area contributed by atoms with E-state index in [4.69, 9.17) is 18.5 Å². The molecule has 0 N–H and O–H groups in total. The minimum Gasteiger partial charge on any atom is -0.370 e. The van der Waals surface area contributed by atoms with Crippen LogP contribution in [0, 0.1) is 12.8 Å². The molecule has 2 fully saturated rings. The Kier molecular flexibility index (Phi) is 7.52. The number of ether oxygens (including phenoxy) is 2. The predicted molar refractivity (Wildman–Crippen MR) is 134 cm³/mol. The van der Waals surface area contributed by atoms with Gasteiger partial charge in [0.05, 0.1) is 36.9 Å². The van der Waals surface area contributed by atoms with Crippen LogP contribution in [-0.2, 0) is 41.8 Å². The number of fused-ring (bicyclic) bond motifs is 1. The van der Waals surface area contributed by atoms with Crippen LogP contribution in [0.3, 0.4) is 0 Å². The maximum atomic E-state index is 13.3. The molecule has 8 heteroatoms. The maximum absolute atomic E-state index is 13.3. The highest BCUT2D eigenvalue weighted by Crippen LogP contribution is 2.42. The summed E-state index contributed by atoms with van der Waals surface area (Å²) in [6.45, 7) is 2.99. The molecule has 5 atom stereocenters. The zero-order chi connectivity index (χ0) is 25.1. The molecule has 1 heterocycles. The molecule has 0 amide bonds. The Morgan fingerprint density at radius 2 is 1.36 bits per heavy atom. The molecule has 7 nitrogen and oxygen atoms in total. The Morgan fingerprint density at radius 3 is 1.94 bits per heavy atom. The van der Waals surface area contributed by atoms with E-state index in [2.05, 4.69) is 0 Å². The van der Waals surface area contributed by atoms with E-state index in [9.17, 15) is 8.42 Å². The zero-order valence-corrected chi connectivity index (χ0v) is 21.2. The van der Waals surface area contributed by atoms with Crippen LogP contribution in [0.5, 0.6) is 0 Å². The molecule has 190 valence electrons. The number of likely N-dealkylation sites (N-methyl/N-ethyl adjacent to an activating group) is 1. The third-order valence-electron chi connectivity index (χ3n) is 6.85. The second-order valence-electron chi connectivity index (χ2n) is 9.35. The molecule has 36 heavy (non-hydrogen) atoms. The van der Waals surface area contributed by atoms with Crippen molar-refractivity contribution in [2.24, 2.45) is 5.92 Å². The van der Waals surface area contributed by atoms with E-state index in [1.807, 2.05) is 67.6 Å². The van der Waals surface area contributed by atoms with Crippen LogP contribution >= 0.6 is 0 Å². The lowest BCUT2D eigenvalue weighted by atomic mass is 10.0. The summed E-state index contributed by atoms with van der Waals surface area (Å²) in [6, 6.07) is 26.0. The summed E-state index contributed by atoms with van der Waals surface area (Å²) in [5.41, 5.74) is 2.98. The van der Waals surface area contributed by atoms with E-state index >= 15 is 0 Å². The largest absolute Gasteiger partial charge is 0.370 e. The third kappa shape index (κ3) is 5.39. The molecular weight excluding hydrogens is 478 g/mol. The van der Waals surface area contributed by atoms with Gasteiger partial charge in [-0.15, -0.1) is 0 Å². The van der Waals surface area contributed by atoms with E-state index in [-0.39, 0.29) is 16.9 Å². The van der Waals surface area contributed by atoms with Crippen molar-refractivity contribution in [3.63, 3.8) is 0 Å². The Balaban J connectivity index is 1.44. The molecule has 0 bridgehead atoms. The van der Waals surface area contributed by atoms with Crippen molar-refractivity contribution in [1.82, 2.24) is 5.06 Å². The molecular formula is C28H31NO6S. The van der Waals surface area contributed by atoms with Gasteiger partial charge >= 0.3 is 0 Å². The number of nitrogens with zero attached hydrogens (tertiary/aromatic N) is 1. The van der Waals surface area contributed by atoms with Crippen molar-refractivity contribution in [3.8, 4) is 0 Å². The normalized spacial score (nSPS) is 26.2. The molecule has 5 rings (SSSR count). The number of benzene rings is 3. The van der Waals surface area contributed by atoms with Gasteiger partial charge in [0.15, 0.2) is 0 Å². The summed E-state index contributed by atoms with van der Waals surface area (Å²) in [5.74, 6) is -0.113. The van der Waals surface area contributed by atoms with Crippen molar-refractivity contribution in [1.29, 1.82) is 0 Å². The van der Waals surface area contributed by atoms with Crippen LogP contribution in [0.2, 0.25) is 0 Å². The van der Waals surface area contributed by atoms with Gasteiger partial charge in [-0.05, 0) is 30.2 Å². The second-order valence-corrected chi connectivity index (χ2v) is 10.9. The lowest BCUT2D eigenvalue weighted by Gasteiger charge is -2.29. The molecule has 1 aliphatic carbocycles. The fraction of sp³-hybridized carbons (Fsp3) is 0.357. The Hall–Kier alpha value is -2.59. The Labute approximate surface area is 212 Å². The van der Waals surface area contributed by atoms with Gasteiger partial charge in [-0.1, -0.05) is 78.4 Å². The van der Waals surface area contributed by atoms with Crippen LogP contribution in [0.1, 0.15) is 16.7 Å². The van der Waals surface area contributed by atoms with Gasteiger partial charge in [0.2, 0.25) is 0 Å². The van der Waals surface area contributed by atoms with E-state index in [0.717, 1.165) is 16.7 Å². The second kappa shape index (κ2) is 10.8. The summed E-state index contributed by atoms with van der Waals surface area (Å²) >= 11 is 0. The molecule has 3 aromatic rings. The van der Waals surface area contributed by atoms with Gasteiger partial charge in [0, 0.05) is 13.0 Å². The first-order valence-electron chi connectivity index (χ1n) is 12.1. The molecule has 3 aromatic carbocycles. The minimum absolute atomic E-state index is 0.113. The Bertz CT molecular complexity index is 1240. The third-order valence-corrected chi connectivity index (χ3v) is 8.18. The molecule has 1 aliphatic heterocycles. The zero-order valence-electron chi connectivity index (χ0n) is 20.4. The maximum Gasteiger partial charge on any atom is 0.297 e. The van der Waals surface area contributed by atoms with Crippen molar-refractivity contribution < 1.29 is 26.9 Å². The number of hydrogen-bond acceptors (Lipinski definition) is 7. The highest BCUT2D eigenvalue weighted by molar-refractivity contribution is 7.86. The first-order chi connectivity index (χ1) is 17.4. The molecule has 0 aromatic heterocycles. The van der Waals surface area contributed by atoms with E-state index < -0.39 is 28.4 Å². The summed E-state index contributed by atoms with van der Waals surface area (Å²) in [6.07, 6.45) is -1.84. The quantitative estimate of drug-likeness (QED) is 0.402. The lowest BCUT2D eigenvalue weighted by Crippen LogP contribution is -2.44. The van der Waals surface area contributed by atoms with Gasteiger partial charge < -0.3 is 9.47 Å².